The lowest BCUT2D eigenvalue weighted by Crippen LogP contribution is -2.40. The molecule has 2 aromatic carbocycles. The zero-order chi connectivity index (χ0) is 17.7. The summed E-state index contributed by atoms with van der Waals surface area (Å²) in [7, 11) is 0.715. The first-order chi connectivity index (χ1) is 12.3. The van der Waals surface area contributed by atoms with E-state index >= 15 is 0 Å². The van der Waals surface area contributed by atoms with Crippen LogP contribution in [-0.2, 0) is 22.1 Å². The van der Waals surface area contributed by atoms with E-state index < -0.39 is 10.8 Å². The summed E-state index contributed by atoms with van der Waals surface area (Å²) in [5.41, 5.74) is 1.16. The molecule has 0 aromatic heterocycles. The van der Waals surface area contributed by atoms with Crippen LogP contribution in [0.1, 0.15) is 5.56 Å². The van der Waals surface area contributed by atoms with Gasteiger partial charge in [0, 0.05) is 30.8 Å². The third kappa shape index (κ3) is 8.77. The smallest absolute Gasteiger partial charge is 0.191 e. The van der Waals surface area contributed by atoms with Crippen LogP contribution in [0.25, 0.3) is 0 Å². The number of rotatable bonds is 9. The second-order valence-electron chi connectivity index (χ2n) is 5.33. The molecule has 0 spiro atoms. The second kappa shape index (κ2) is 13.7. The van der Waals surface area contributed by atoms with Crippen molar-refractivity contribution in [2.45, 2.75) is 11.5 Å². The molecule has 0 saturated carbocycles. The average molecular weight is 487 g/mol. The van der Waals surface area contributed by atoms with Crippen molar-refractivity contribution < 1.29 is 8.95 Å². The van der Waals surface area contributed by atoms with Crippen molar-refractivity contribution >= 4 is 40.7 Å². The van der Waals surface area contributed by atoms with Crippen molar-refractivity contribution in [1.82, 2.24) is 10.6 Å². The standard InChI is InChI=1S/C19H25N3O2S.HI/c1-20-19(21-12-14-24-16-17-8-4-2-5-9-17)22-13-15-25(23)18-10-6-3-7-11-18;/h2-11H,12-16H2,1H3,(H2,20,21,22);1H. The molecule has 0 bridgehead atoms. The number of aliphatic imine (C=N–C) groups is 1. The highest BCUT2D eigenvalue weighted by Gasteiger charge is 2.03. The largest absolute Gasteiger partial charge is 0.375 e. The third-order valence-corrected chi connectivity index (χ3v) is 4.83. The quantitative estimate of drug-likeness (QED) is 0.247. The minimum atomic E-state index is -1.00. The topological polar surface area (TPSA) is 62.7 Å². The van der Waals surface area contributed by atoms with E-state index in [1.165, 1.54) is 0 Å². The van der Waals surface area contributed by atoms with E-state index in [1.807, 2.05) is 60.7 Å². The monoisotopic (exact) mass is 487 g/mol. The number of nitrogens with one attached hydrogen (secondary N) is 2. The molecule has 2 aromatic rings. The molecule has 2 rings (SSSR count). The van der Waals surface area contributed by atoms with Crippen LogP contribution in [0, 0.1) is 0 Å². The number of hydrogen-bond acceptors (Lipinski definition) is 3. The molecule has 1 atom stereocenters. The lowest BCUT2D eigenvalue weighted by molar-refractivity contribution is 0.125. The molecule has 1 unspecified atom stereocenters. The first-order valence-electron chi connectivity index (χ1n) is 8.29. The van der Waals surface area contributed by atoms with Gasteiger partial charge in [0.2, 0.25) is 0 Å². The first kappa shape index (κ1) is 22.6. The molecule has 0 fully saturated rings. The van der Waals surface area contributed by atoms with Crippen molar-refractivity contribution in [1.29, 1.82) is 0 Å². The number of halogens is 1. The van der Waals surface area contributed by atoms with Crippen LogP contribution < -0.4 is 10.6 Å². The van der Waals surface area contributed by atoms with Gasteiger partial charge in [-0.05, 0) is 17.7 Å². The van der Waals surface area contributed by atoms with Gasteiger partial charge in [0.1, 0.15) is 0 Å². The van der Waals surface area contributed by atoms with Gasteiger partial charge in [-0.15, -0.1) is 24.0 Å². The summed E-state index contributed by atoms with van der Waals surface area (Å²) in [6.45, 7) is 2.44. The van der Waals surface area contributed by atoms with Crippen LogP contribution in [-0.4, -0.2) is 42.7 Å². The third-order valence-electron chi connectivity index (χ3n) is 3.46. The van der Waals surface area contributed by atoms with Gasteiger partial charge < -0.3 is 15.4 Å². The fourth-order valence-electron chi connectivity index (χ4n) is 2.18. The maximum Gasteiger partial charge on any atom is 0.191 e. The minimum absolute atomic E-state index is 0. The Morgan fingerprint density at radius 2 is 1.62 bits per heavy atom. The van der Waals surface area contributed by atoms with Gasteiger partial charge in [0.25, 0.3) is 0 Å². The Hall–Kier alpha value is -1.45. The van der Waals surface area contributed by atoms with E-state index in [1.54, 1.807) is 7.05 Å². The van der Waals surface area contributed by atoms with E-state index in [4.69, 9.17) is 4.74 Å². The van der Waals surface area contributed by atoms with E-state index in [0.29, 0.717) is 38.0 Å². The summed E-state index contributed by atoms with van der Waals surface area (Å²) >= 11 is 0. The van der Waals surface area contributed by atoms with Crippen molar-refractivity contribution in [2.24, 2.45) is 4.99 Å². The molecular formula is C19H26IN3O2S. The van der Waals surface area contributed by atoms with Crippen LogP contribution >= 0.6 is 24.0 Å². The summed E-state index contributed by atoms with van der Waals surface area (Å²) < 4.78 is 17.8. The van der Waals surface area contributed by atoms with E-state index in [2.05, 4.69) is 15.6 Å². The van der Waals surface area contributed by atoms with Crippen LogP contribution in [0.3, 0.4) is 0 Å². The first-order valence-corrected chi connectivity index (χ1v) is 9.61. The molecule has 0 aliphatic carbocycles. The summed E-state index contributed by atoms with van der Waals surface area (Å²) in [6.07, 6.45) is 0. The Morgan fingerprint density at radius 3 is 2.27 bits per heavy atom. The van der Waals surface area contributed by atoms with Crippen molar-refractivity contribution in [3.05, 3.63) is 66.2 Å². The predicted molar refractivity (Wildman–Crippen MR) is 119 cm³/mol. The summed E-state index contributed by atoms with van der Waals surface area (Å²) in [4.78, 5) is 5.00. The van der Waals surface area contributed by atoms with Crippen LogP contribution in [0.4, 0.5) is 0 Å². The van der Waals surface area contributed by atoms with Gasteiger partial charge in [-0.25, -0.2) is 0 Å². The summed E-state index contributed by atoms with van der Waals surface area (Å²) in [6, 6.07) is 19.6. The zero-order valence-electron chi connectivity index (χ0n) is 14.9. The summed E-state index contributed by atoms with van der Waals surface area (Å²) in [5.74, 6) is 1.23. The Balaban J connectivity index is 0.00000338. The average Bonchev–Trinajstić information content (AvgIpc) is 2.67. The predicted octanol–water partition coefficient (Wildman–Crippen LogP) is 2.79. The van der Waals surface area contributed by atoms with E-state index in [9.17, 15) is 4.21 Å². The molecule has 0 heterocycles. The van der Waals surface area contributed by atoms with Crippen LogP contribution in [0.5, 0.6) is 0 Å². The molecule has 0 amide bonds. The number of benzene rings is 2. The zero-order valence-corrected chi connectivity index (χ0v) is 18.0. The highest BCUT2D eigenvalue weighted by molar-refractivity contribution is 14.0. The van der Waals surface area contributed by atoms with Crippen molar-refractivity contribution in [3.63, 3.8) is 0 Å². The number of hydrogen-bond donors (Lipinski definition) is 2. The van der Waals surface area contributed by atoms with Gasteiger partial charge >= 0.3 is 0 Å². The maximum absolute atomic E-state index is 12.1. The van der Waals surface area contributed by atoms with Crippen molar-refractivity contribution in [2.75, 3.05) is 32.5 Å². The molecule has 0 radical (unpaired) electrons. The normalized spacial score (nSPS) is 12.1. The molecule has 0 aliphatic rings. The molecular weight excluding hydrogens is 461 g/mol. The van der Waals surface area contributed by atoms with E-state index in [0.717, 1.165) is 10.5 Å². The molecule has 2 N–H and O–H groups in total. The molecule has 0 saturated heterocycles. The van der Waals surface area contributed by atoms with Gasteiger partial charge in [-0.1, -0.05) is 48.5 Å². The van der Waals surface area contributed by atoms with Gasteiger partial charge in [0.05, 0.1) is 24.0 Å². The Kier molecular flexibility index (Phi) is 11.9. The van der Waals surface area contributed by atoms with Gasteiger partial charge in [0.15, 0.2) is 5.96 Å². The lowest BCUT2D eigenvalue weighted by atomic mass is 10.2. The lowest BCUT2D eigenvalue weighted by Gasteiger charge is -2.12. The molecule has 7 heteroatoms. The SMILES string of the molecule is CN=C(NCCOCc1ccccc1)NCCS(=O)c1ccccc1.I. The Labute approximate surface area is 175 Å². The molecule has 142 valence electrons. The van der Waals surface area contributed by atoms with Crippen LogP contribution in [0.15, 0.2) is 70.6 Å². The second-order valence-corrected chi connectivity index (χ2v) is 6.90. The highest BCUT2D eigenvalue weighted by Crippen LogP contribution is 2.04. The maximum atomic E-state index is 12.1. The van der Waals surface area contributed by atoms with Crippen molar-refractivity contribution in [3.8, 4) is 0 Å². The minimum Gasteiger partial charge on any atom is -0.375 e. The Bertz CT molecular complexity index is 669. The fraction of sp³-hybridized carbons (Fsp3) is 0.316. The van der Waals surface area contributed by atoms with Crippen LogP contribution in [0.2, 0.25) is 0 Å². The molecule has 0 aliphatic heterocycles. The number of nitrogens with zero attached hydrogens (tertiary/aromatic N) is 1. The van der Waals surface area contributed by atoms with Gasteiger partial charge in [-0.3, -0.25) is 9.20 Å². The fourth-order valence-corrected chi connectivity index (χ4v) is 3.16. The molecule has 5 nitrogen and oxygen atoms in total. The highest BCUT2D eigenvalue weighted by atomic mass is 127. The number of guanidine groups is 1. The summed E-state index contributed by atoms with van der Waals surface area (Å²) in [5, 5.41) is 6.35. The number of ether oxygens (including phenoxy) is 1. The molecule has 26 heavy (non-hydrogen) atoms. The van der Waals surface area contributed by atoms with E-state index in [-0.39, 0.29) is 24.0 Å². The Morgan fingerprint density at radius 1 is 1.00 bits per heavy atom. The van der Waals surface area contributed by atoms with Gasteiger partial charge in [-0.2, -0.15) is 0 Å².